The van der Waals surface area contributed by atoms with Crippen LogP contribution in [0.2, 0.25) is 0 Å². The summed E-state index contributed by atoms with van der Waals surface area (Å²) in [5.41, 5.74) is 1.41. The van der Waals surface area contributed by atoms with Crippen LogP contribution in [0.3, 0.4) is 0 Å². The van der Waals surface area contributed by atoms with Crippen LogP contribution < -0.4 is 9.62 Å². The molecule has 1 atom stereocenters. The van der Waals surface area contributed by atoms with E-state index >= 15 is 0 Å². The van der Waals surface area contributed by atoms with Gasteiger partial charge >= 0.3 is 0 Å². The SMILES string of the molecule is CCC1CCCCN1C(=O)CNS(=O)(=O)c1ccc2c(c1)CC(=O)N2C. The van der Waals surface area contributed by atoms with Gasteiger partial charge in [0.25, 0.3) is 0 Å². The molecule has 1 aromatic rings. The minimum absolute atomic E-state index is 0.0617. The number of benzene rings is 1. The van der Waals surface area contributed by atoms with Gasteiger partial charge in [-0.25, -0.2) is 13.1 Å². The van der Waals surface area contributed by atoms with Gasteiger partial charge in [0.05, 0.1) is 17.9 Å². The highest BCUT2D eigenvalue weighted by atomic mass is 32.2. The van der Waals surface area contributed by atoms with Gasteiger partial charge in [-0.3, -0.25) is 9.59 Å². The largest absolute Gasteiger partial charge is 0.339 e. The van der Waals surface area contributed by atoms with E-state index in [9.17, 15) is 18.0 Å². The van der Waals surface area contributed by atoms with Gasteiger partial charge in [-0.2, -0.15) is 0 Å². The number of piperidine rings is 1. The number of nitrogens with one attached hydrogen (secondary N) is 1. The van der Waals surface area contributed by atoms with E-state index < -0.39 is 10.0 Å². The number of sulfonamides is 1. The zero-order valence-electron chi connectivity index (χ0n) is 15.2. The fraction of sp³-hybridized carbons (Fsp3) is 0.556. The van der Waals surface area contributed by atoms with Crippen molar-refractivity contribution >= 4 is 27.5 Å². The molecule has 1 saturated heterocycles. The standard InChI is InChI=1S/C18H25N3O4S/c1-3-14-6-4-5-9-21(14)18(23)12-19-26(24,25)15-7-8-16-13(10-15)11-17(22)20(16)2/h7-8,10,14,19H,3-6,9,11-12H2,1-2H3. The molecule has 7 nitrogen and oxygen atoms in total. The second-order valence-corrected chi connectivity index (χ2v) is 8.66. The molecule has 2 aliphatic heterocycles. The van der Waals surface area contributed by atoms with Crippen molar-refractivity contribution < 1.29 is 18.0 Å². The molecular formula is C18H25N3O4S. The average Bonchev–Trinajstić information content (AvgIpc) is 2.93. The van der Waals surface area contributed by atoms with Crippen molar-refractivity contribution in [2.45, 2.75) is 50.0 Å². The Morgan fingerprint density at radius 2 is 2.08 bits per heavy atom. The lowest BCUT2D eigenvalue weighted by molar-refractivity contribution is -0.133. The maximum Gasteiger partial charge on any atom is 0.241 e. The highest BCUT2D eigenvalue weighted by molar-refractivity contribution is 7.89. The molecule has 3 rings (SSSR count). The quantitative estimate of drug-likeness (QED) is 0.835. The highest BCUT2D eigenvalue weighted by Gasteiger charge is 2.28. The number of likely N-dealkylation sites (tertiary alicyclic amines) is 1. The maximum atomic E-state index is 12.6. The molecular weight excluding hydrogens is 354 g/mol. The molecule has 2 amide bonds. The fourth-order valence-electron chi connectivity index (χ4n) is 3.71. The Hall–Kier alpha value is -1.93. The Labute approximate surface area is 154 Å². The van der Waals surface area contributed by atoms with Crippen LogP contribution >= 0.6 is 0 Å². The molecule has 1 unspecified atom stereocenters. The third-order valence-corrected chi connectivity index (χ3v) is 6.67. The smallest absolute Gasteiger partial charge is 0.241 e. The van der Waals surface area contributed by atoms with Crippen LogP contribution in [0.1, 0.15) is 38.2 Å². The topological polar surface area (TPSA) is 86.8 Å². The molecule has 0 bridgehead atoms. The summed E-state index contributed by atoms with van der Waals surface area (Å²) in [6.07, 6.45) is 4.12. The van der Waals surface area contributed by atoms with Crippen molar-refractivity contribution in [3.8, 4) is 0 Å². The molecule has 1 N–H and O–H groups in total. The lowest BCUT2D eigenvalue weighted by Crippen LogP contribution is -2.47. The Morgan fingerprint density at radius 3 is 2.81 bits per heavy atom. The fourth-order valence-corrected chi connectivity index (χ4v) is 4.73. The van der Waals surface area contributed by atoms with Crippen LogP contribution in [0, 0.1) is 0 Å². The van der Waals surface area contributed by atoms with Gasteiger partial charge in [0.15, 0.2) is 0 Å². The second kappa shape index (κ2) is 7.36. The maximum absolute atomic E-state index is 12.6. The Balaban J connectivity index is 1.69. The van der Waals surface area contributed by atoms with E-state index in [2.05, 4.69) is 4.72 Å². The molecule has 0 spiro atoms. The molecule has 0 saturated carbocycles. The normalized spacial score (nSPS) is 20.4. The van der Waals surface area contributed by atoms with Gasteiger partial charge in [0.2, 0.25) is 21.8 Å². The van der Waals surface area contributed by atoms with Gasteiger partial charge in [0, 0.05) is 25.3 Å². The van der Waals surface area contributed by atoms with E-state index in [1.165, 1.54) is 17.0 Å². The predicted molar refractivity (Wildman–Crippen MR) is 98.4 cm³/mol. The number of rotatable bonds is 5. The highest BCUT2D eigenvalue weighted by Crippen LogP contribution is 2.29. The minimum atomic E-state index is -3.80. The summed E-state index contributed by atoms with van der Waals surface area (Å²) in [5.74, 6) is -0.246. The van der Waals surface area contributed by atoms with Crippen LogP contribution in [0.4, 0.5) is 5.69 Å². The van der Waals surface area contributed by atoms with E-state index in [1.807, 2.05) is 6.92 Å². The molecule has 26 heavy (non-hydrogen) atoms. The van der Waals surface area contributed by atoms with Crippen LogP contribution in [-0.2, 0) is 26.0 Å². The molecule has 2 heterocycles. The first-order valence-electron chi connectivity index (χ1n) is 9.02. The lowest BCUT2D eigenvalue weighted by Gasteiger charge is -2.35. The van der Waals surface area contributed by atoms with Crippen molar-refractivity contribution in [2.75, 3.05) is 25.0 Å². The first-order valence-corrected chi connectivity index (χ1v) is 10.5. The Bertz CT molecular complexity index is 822. The second-order valence-electron chi connectivity index (χ2n) is 6.89. The van der Waals surface area contributed by atoms with Crippen LogP contribution in [-0.4, -0.2) is 51.3 Å². The first kappa shape index (κ1) is 18.8. The summed E-state index contributed by atoms with van der Waals surface area (Å²) in [5, 5.41) is 0. The summed E-state index contributed by atoms with van der Waals surface area (Å²) >= 11 is 0. The molecule has 1 aromatic carbocycles. The molecule has 1 fully saturated rings. The van der Waals surface area contributed by atoms with Gasteiger partial charge in [-0.05, 0) is 49.4 Å². The number of hydrogen-bond donors (Lipinski definition) is 1. The molecule has 8 heteroatoms. The van der Waals surface area contributed by atoms with E-state index in [0.29, 0.717) is 12.1 Å². The Kier molecular flexibility index (Phi) is 5.34. The van der Waals surface area contributed by atoms with E-state index in [-0.39, 0.29) is 35.7 Å². The third kappa shape index (κ3) is 3.61. The summed E-state index contributed by atoms with van der Waals surface area (Å²) in [6.45, 7) is 2.49. The van der Waals surface area contributed by atoms with E-state index in [0.717, 1.165) is 31.4 Å². The van der Waals surface area contributed by atoms with Gasteiger partial charge in [-0.1, -0.05) is 6.92 Å². The van der Waals surface area contributed by atoms with Crippen molar-refractivity contribution in [2.24, 2.45) is 0 Å². The zero-order chi connectivity index (χ0) is 18.9. The molecule has 142 valence electrons. The Morgan fingerprint density at radius 1 is 1.31 bits per heavy atom. The van der Waals surface area contributed by atoms with Crippen LogP contribution in [0.25, 0.3) is 0 Å². The van der Waals surface area contributed by atoms with Gasteiger partial charge in [-0.15, -0.1) is 0 Å². The zero-order valence-corrected chi connectivity index (χ0v) is 16.0. The summed E-state index contributed by atoms with van der Waals surface area (Å²) in [7, 11) is -2.13. The molecule has 0 aliphatic carbocycles. The number of nitrogens with zero attached hydrogens (tertiary/aromatic N) is 2. The summed E-state index contributed by atoms with van der Waals surface area (Å²) < 4.78 is 27.5. The lowest BCUT2D eigenvalue weighted by atomic mass is 10.00. The number of anilines is 1. The van der Waals surface area contributed by atoms with Crippen molar-refractivity contribution in [3.05, 3.63) is 23.8 Å². The van der Waals surface area contributed by atoms with Gasteiger partial charge < -0.3 is 9.80 Å². The number of likely N-dealkylation sites (N-methyl/N-ethyl adjacent to an activating group) is 1. The van der Waals surface area contributed by atoms with Gasteiger partial charge in [0.1, 0.15) is 0 Å². The molecule has 0 radical (unpaired) electrons. The van der Waals surface area contributed by atoms with Crippen LogP contribution in [0.5, 0.6) is 0 Å². The number of carbonyl (C=O) groups excluding carboxylic acids is 2. The average molecular weight is 379 g/mol. The molecule has 2 aliphatic rings. The monoisotopic (exact) mass is 379 g/mol. The van der Waals surface area contributed by atoms with Crippen LogP contribution in [0.15, 0.2) is 23.1 Å². The summed E-state index contributed by atoms with van der Waals surface area (Å²) in [4.78, 5) is 27.6. The third-order valence-electron chi connectivity index (χ3n) is 5.27. The van der Waals surface area contributed by atoms with Crippen molar-refractivity contribution in [1.82, 2.24) is 9.62 Å². The number of fused-ring (bicyclic) bond motifs is 1. The number of amides is 2. The van der Waals surface area contributed by atoms with E-state index in [4.69, 9.17) is 0 Å². The minimum Gasteiger partial charge on any atom is -0.339 e. The van der Waals surface area contributed by atoms with Crippen molar-refractivity contribution in [3.63, 3.8) is 0 Å². The predicted octanol–water partition coefficient (Wildman–Crippen LogP) is 1.27. The summed E-state index contributed by atoms with van der Waals surface area (Å²) in [6, 6.07) is 4.81. The van der Waals surface area contributed by atoms with Crippen molar-refractivity contribution in [1.29, 1.82) is 0 Å². The van der Waals surface area contributed by atoms with E-state index in [1.54, 1.807) is 18.0 Å². The molecule has 0 aromatic heterocycles. The first-order chi connectivity index (χ1) is 12.3. The number of carbonyl (C=O) groups is 2. The number of hydrogen-bond acceptors (Lipinski definition) is 4.